The summed E-state index contributed by atoms with van der Waals surface area (Å²) in [4.78, 5) is 18.6. The average Bonchev–Trinajstić information content (AvgIpc) is 3.20. The van der Waals surface area contributed by atoms with Crippen LogP contribution in [0.5, 0.6) is 17.2 Å². The fourth-order valence-electron chi connectivity index (χ4n) is 2.74. The molecule has 0 fully saturated rings. The molecular formula is C20H20ClN3O5. The maximum absolute atomic E-state index is 12.8. The van der Waals surface area contributed by atoms with E-state index in [2.05, 4.69) is 10.1 Å². The molecule has 152 valence electrons. The molecule has 0 aliphatic carbocycles. The van der Waals surface area contributed by atoms with Gasteiger partial charge in [-0.05, 0) is 36.4 Å². The lowest BCUT2D eigenvalue weighted by molar-refractivity contribution is 0.0766. The number of nitrogens with zero attached hydrogens (tertiary/aromatic N) is 3. The molecule has 0 aliphatic heterocycles. The van der Waals surface area contributed by atoms with Gasteiger partial charge >= 0.3 is 0 Å². The molecule has 0 radical (unpaired) electrons. The summed E-state index contributed by atoms with van der Waals surface area (Å²) >= 11 is 6.01. The summed E-state index contributed by atoms with van der Waals surface area (Å²) in [6.07, 6.45) is 0. The van der Waals surface area contributed by atoms with Gasteiger partial charge in [0.2, 0.25) is 11.7 Å². The van der Waals surface area contributed by atoms with Gasteiger partial charge in [0.1, 0.15) is 12.3 Å². The minimum Gasteiger partial charge on any atom is -0.496 e. The quantitative estimate of drug-likeness (QED) is 0.579. The molecule has 3 rings (SSSR count). The lowest BCUT2D eigenvalue weighted by Gasteiger charge is -2.16. The van der Waals surface area contributed by atoms with Crippen LogP contribution in [0.2, 0.25) is 5.02 Å². The van der Waals surface area contributed by atoms with Crippen molar-refractivity contribution < 1.29 is 23.5 Å². The van der Waals surface area contributed by atoms with Gasteiger partial charge in [-0.25, -0.2) is 0 Å². The summed E-state index contributed by atoms with van der Waals surface area (Å²) in [5, 5.41) is 4.42. The van der Waals surface area contributed by atoms with E-state index in [-0.39, 0.29) is 18.3 Å². The second kappa shape index (κ2) is 8.83. The molecule has 0 unspecified atom stereocenters. The third-order valence-corrected chi connectivity index (χ3v) is 4.46. The van der Waals surface area contributed by atoms with Gasteiger partial charge in [-0.2, -0.15) is 4.98 Å². The first kappa shape index (κ1) is 20.5. The van der Waals surface area contributed by atoms with E-state index in [1.54, 1.807) is 57.7 Å². The van der Waals surface area contributed by atoms with Gasteiger partial charge in [-0.1, -0.05) is 16.8 Å². The van der Waals surface area contributed by atoms with Gasteiger partial charge in [-0.15, -0.1) is 0 Å². The largest absolute Gasteiger partial charge is 0.496 e. The van der Waals surface area contributed by atoms with Crippen LogP contribution in [0.3, 0.4) is 0 Å². The van der Waals surface area contributed by atoms with Gasteiger partial charge in [0.15, 0.2) is 11.5 Å². The first-order valence-electron chi connectivity index (χ1n) is 8.60. The Kier molecular flexibility index (Phi) is 6.23. The zero-order chi connectivity index (χ0) is 21.0. The van der Waals surface area contributed by atoms with E-state index in [9.17, 15) is 4.79 Å². The van der Waals surface area contributed by atoms with Gasteiger partial charge in [0, 0.05) is 17.6 Å². The zero-order valence-electron chi connectivity index (χ0n) is 16.4. The van der Waals surface area contributed by atoms with E-state index in [0.29, 0.717) is 39.2 Å². The predicted molar refractivity (Wildman–Crippen MR) is 107 cm³/mol. The van der Waals surface area contributed by atoms with Crippen LogP contribution in [-0.2, 0) is 6.54 Å². The molecule has 2 aromatic carbocycles. The highest BCUT2D eigenvalue weighted by Crippen LogP contribution is 2.31. The number of halogens is 1. The first-order chi connectivity index (χ1) is 14.0. The number of amides is 1. The average molecular weight is 418 g/mol. The Balaban J connectivity index is 1.78. The number of ether oxygens (including phenoxy) is 3. The van der Waals surface area contributed by atoms with Crippen LogP contribution in [0.25, 0.3) is 11.4 Å². The lowest BCUT2D eigenvalue weighted by atomic mass is 10.1. The number of carbonyl (C=O) groups is 1. The molecule has 0 N–H and O–H groups in total. The number of methoxy groups -OCH3 is 3. The Morgan fingerprint density at radius 2 is 1.72 bits per heavy atom. The third-order valence-electron chi connectivity index (χ3n) is 4.22. The van der Waals surface area contributed by atoms with Crippen LogP contribution in [0, 0.1) is 0 Å². The minimum atomic E-state index is -0.282. The smallest absolute Gasteiger partial charge is 0.257 e. The number of rotatable bonds is 7. The summed E-state index contributed by atoms with van der Waals surface area (Å²) in [7, 11) is 6.23. The van der Waals surface area contributed by atoms with Crippen molar-refractivity contribution in [2.45, 2.75) is 6.54 Å². The Bertz CT molecular complexity index is 1020. The zero-order valence-corrected chi connectivity index (χ0v) is 17.2. The van der Waals surface area contributed by atoms with Gasteiger partial charge in [-0.3, -0.25) is 4.79 Å². The molecule has 0 spiro atoms. The van der Waals surface area contributed by atoms with Crippen molar-refractivity contribution in [3.05, 3.63) is 52.9 Å². The van der Waals surface area contributed by atoms with Gasteiger partial charge in [0.05, 0.1) is 26.9 Å². The monoisotopic (exact) mass is 417 g/mol. The Morgan fingerprint density at radius 1 is 1.03 bits per heavy atom. The van der Waals surface area contributed by atoms with Crippen molar-refractivity contribution in [1.82, 2.24) is 15.0 Å². The second-order valence-corrected chi connectivity index (χ2v) is 6.52. The highest BCUT2D eigenvalue weighted by atomic mass is 35.5. The highest BCUT2D eigenvalue weighted by Gasteiger charge is 2.20. The first-order valence-corrected chi connectivity index (χ1v) is 8.98. The van der Waals surface area contributed by atoms with Crippen LogP contribution in [-0.4, -0.2) is 49.3 Å². The molecular weight excluding hydrogens is 398 g/mol. The van der Waals surface area contributed by atoms with Crippen molar-refractivity contribution in [2.75, 3.05) is 28.4 Å². The highest BCUT2D eigenvalue weighted by molar-refractivity contribution is 6.31. The van der Waals surface area contributed by atoms with Gasteiger partial charge < -0.3 is 23.6 Å². The molecule has 29 heavy (non-hydrogen) atoms. The lowest BCUT2D eigenvalue weighted by Crippen LogP contribution is -2.26. The van der Waals surface area contributed by atoms with Crippen molar-refractivity contribution in [1.29, 1.82) is 0 Å². The molecule has 8 nitrogen and oxygen atoms in total. The summed E-state index contributed by atoms with van der Waals surface area (Å²) in [5.74, 6) is 1.96. The summed E-state index contributed by atoms with van der Waals surface area (Å²) in [5.41, 5.74) is 1.05. The topological polar surface area (TPSA) is 86.9 Å². The molecule has 0 saturated carbocycles. The number of aromatic nitrogens is 2. The standard InChI is InChI=1S/C20H20ClN3O5/c1-24(20(25)14-10-13(21)6-8-15(14)26-2)11-18-22-19(23-29-18)12-5-7-16(27-3)17(9-12)28-4/h5-10H,11H2,1-4H3. The number of carbonyl (C=O) groups excluding carboxylic acids is 1. The molecule has 0 atom stereocenters. The fourth-order valence-corrected chi connectivity index (χ4v) is 2.91. The number of hydrogen-bond acceptors (Lipinski definition) is 7. The fraction of sp³-hybridized carbons (Fsp3) is 0.250. The molecule has 1 heterocycles. The van der Waals surface area contributed by atoms with E-state index in [4.69, 9.17) is 30.3 Å². The van der Waals surface area contributed by atoms with Crippen molar-refractivity contribution in [2.24, 2.45) is 0 Å². The summed E-state index contributed by atoms with van der Waals surface area (Å²) in [6.45, 7) is 0.120. The van der Waals surface area contributed by atoms with Crippen LogP contribution in [0.15, 0.2) is 40.9 Å². The van der Waals surface area contributed by atoms with Gasteiger partial charge in [0.25, 0.3) is 5.91 Å². The number of hydrogen-bond donors (Lipinski definition) is 0. The maximum atomic E-state index is 12.8. The number of benzene rings is 2. The molecule has 1 amide bonds. The molecule has 1 aromatic heterocycles. The van der Waals surface area contributed by atoms with Crippen LogP contribution >= 0.6 is 11.6 Å². The van der Waals surface area contributed by atoms with Crippen molar-refractivity contribution in [3.63, 3.8) is 0 Å². The van der Waals surface area contributed by atoms with E-state index in [0.717, 1.165) is 0 Å². The molecule has 0 bridgehead atoms. The van der Waals surface area contributed by atoms with Crippen LogP contribution in [0.1, 0.15) is 16.2 Å². The second-order valence-electron chi connectivity index (χ2n) is 6.09. The normalized spacial score (nSPS) is 10.5. The predicted octanol–water partition coefficient (Wildman–Crippen LogP) is 3.69. The van der Waals surface area contributed by atoms with E-state index >= 15 is 0 Å². The molecule has 0 saturated heterocycles. The molecule has 9 heteroatoms. The summed E-state index contributed by atoms with van der Waals surface area (Å²) in [6, 6.07) is 10.2. The van der Waals surface area contributed by atoms with Crippen molar-refractivity contribution >= 4 is 17.5 Å². The van der Waals surface area contributed by atoms with E-state index < -0.39 is 0 Å². The molecule has 0 aliphatic rings. The molecule has 3 aromatic rings. The van der Waals surface area contributed by atoms with Crippen LogP contribution in [0.4, 0.5) is 0 Å². The van der Waals surface area contributed by atoms with E-state index in [1.165, 1.54) is 12.0 Å². The SMILES string of the molecule is COc1ccc(-c2noc(CN(C)C(=O)c3cc(Cl)ccc3OC)n2)cc1OC. The summed E-state index contributed by atoms with van der Waals surface area (Å²) < 4.78 is 21.1. The van der Waals surface area contributed by atoms with Crippen LogP contribution < -0.4 is 14.2 Å². The Labute approximate surface area is 172 Å². The minimum absolute atomic E-state index is 0.120. The Morgan fingerprint density at radius 3 is 2.41 bits per heavy atom. The Hall–Kier alpha value is -3.26. The maximum Gasteiger partial charge on any atom is 0.257 e. The van der Waals surface area contributed by atoms with Crippen molar-refractivity contribution in [3.8, 4) is 28.6 Å². The third kappa shape index (κ3) is 4.43. The van der Waals surface area contributed by atoms with E-state index in [1.807, 2.05) is 0 Å².